The number of rotatable bonds is 8. The number of hydrogen-bond acceptors (Lipinski definition) is 9. The number of allylic oxidation sites excluding steroid dienone is 1. The molecule has 1 aliphatic rings. The van der Waals surface area contributed by atoms with Crippen molar-refractivity contribution in [3.05, 3.63) is 59.6 Å². The highest BCUT2D eigenvalue weighted by atomic mass is 127. The molecule has 12 heteroatoms. The summed E-state index contributed by atoms with van der Waals surface area (Å²) in [5.41, 5.74) is 8.35. The molecule has 2 heterocycles. The molecular formula is C21H26IN7O4. The van der Waals surface area contributed by atoms with E-state index >= 15 is 0 Å². The first-order chi connectivity index (χ1) is 15.7. The third-order valence-corrected chi connectivity index (χ3v) is 5.72. The molecule has 2 aromatic rings. The Morgan fingerprint density at radius 1 is 1.27 bits per heavy atom. The van der Waals surface area contributed by atoms with Crippen molar-refractivity contribution in [3.8, 4) is 0 Å². The van der Waals surface area contributed by atoms with Gasteiger partial charge in [-0.3, -0.25) is 14.6 Å². The number of carbonyl (C=O) groups is 2. The minimum atomic E-state index is -1.93. The number of hydrazine groups is 1. The van der Waals surface area contributed by atoms with Gasteiger partial charge in [0.1, 0.15) is 0 Å². The van der Waals surface area contributed by atoms with E-state index in [1.807, 2.05) is 6.08 Å². The number of carbonyl (C=O) groups excluding carboxylic acids is 2. The molecule has 0 radical (unpaired) electrons. The number of alkyl halides is 1. The maximum absolute atomic E-state index is 12.6. The zero-order chi connectivity index (χ0) is 24.1. The molecule has 1 aromatic carbocycles. The normalized spacial score (nSPS) is 15.7. The molecular weight excluding hydrogens is 541 g/mol. The summed E-state index contributed by atoms with van der Waals surface area (Å²) in [4.78, 5) is 34.3. The number of aliphatic hydroxyl groups excluding tert-OH is 2. The van der Waals surface area contributed by atoms with Crippen LogP contribution in [0.5, 0.6) is 0 Å². The van der Waals surface area contributed by atoms with Gasteiger partial charge >= 0.3 is 0 Å². The fourth-order valence-electron chi connectivity index (χ4n) is 3.35. The Morgan fingerprint density at radius 3 is 2.64 bits per heavy atom. The second kappa shape index (κ2) is 10.9. The van der Waals surface area contributed by atoms with Crippen LogP contribution in [0.3, 0.4) is 0 Å². The first kappa shape index (κ1) is 24.8. The standard InChI is InChI=1S/C21H26IN7O4/c1-12(13-3-5-15(6-4-13)29(24)8-2-7-22)26-19(32)17(30)18(31)20(33)28-10-14-9-25-21(23)27-16(14)11-28/h2-6,8-9,12,17-18,30-31H,7,10-11,24H2,1H3,(H,26,32)(H2,23,25,27)/b8-2-/t12-,17-,18-/m1/s1. The second-order valence-corrected chi connectivity index (χ2v) is 8.43. The molecule has 7 N–H and O–H groups in total. The number of nitrogens with zero attached hydrogens (tertiary/aromatic N) is 4. The first-order valence-electron chi connectivity index (χ1n) is 10.1. The Bertz CT molecular complexity index is 1030. The van der Waals surface area contributed by atoms with Crippen molar-refractivity contribution < 1.29 is 19.8 Å². The lowest BCUT2D eigenvalue weighted by Crippen LogP contribution is -2.50. The molecule has 0 spiro atoms. The molecule has 0 fully saturated rings. The van der Waals surface area contributed by atoms with E-state index in [-0.39, 0.29) is 19.0 Å². The summed E-state index contributed by atoms with van der Waals surface area (Å²) >= 11 is 2.21. The summed E-state index contributed by atoms with van der Waals surface area (Å²) in [5, 5.41) is 24.7. The van der Waals surface area contributed by atoms with E-state index in [1.165, 1.54) is 16.1 Å². The van der Waals surface area contributed by atoms with Gasteiger partial charge in [0.2, 0.25) is 5.95 Å². The molecule has 0 saturated carbocycles. The van der Waals surface area contributed by atoms with Crippen molar-refractivity contribution in [1.29, 1.82) is 0 Å². The van der Waals surface area contributed by atoms with Crippen LogP contribution in [0.4, 0.5) is 11.6 Å². The Balaban J connectivity index is 1.57. The van der Waals surface area contributed by atoms with E-state index < -0.39 is 30.1 Å². The second-order valence-electron chi connectivity index (χ2n) is 7.55. The first-order valence-corrected chi connectivity index (χ1v) is 11.7. The summed E-state index contributed by atoms with van der Waals surface area (Å²) in [6.07, 6.45) is 1.32. The van der Waals surface area contributed by atoms with Gasteiger partial charge in [-0.05, 0) is 24.6 Å². The van der Waals surface area contributed by atoms with Crippen LogP contribution in [0.25, 0.3) is 0 Å². The number of nitrogen functional groups attached to an aromatic ring is 1. The van der Waals surface area contributed by atoms with E-state index in [1.54, 1.807) is 37.4 Å². The van der Waals surface area contributed by atoms with Gasteiger partial charge in [-0.2, -0.15) is 0 Å². The number of aliphatic hydroxyl groups is 2. The molecule has 1 aromatic heterocycles. The van der Waals surface area contributed by atoms with Crippen molar-refractivity contribution in [2.24, 2.45) is 5.84 Å². The van der Waals surface area contributed by atoms with Crippen LogP contribution >= 0.6 is 22.6 Å². The highest BCUT2D eigenvalue weighted by molar-refractivity contribution is 14.1. The Hall–Kier alpha value is -2.81. The molecule has 3 atom stereocenters. The molecule has 11 nitrogen and oxygen atoms in total. The number of halogens is 1. The zero-order valence-electron chi connectivity index (χ0n) is 17.9. The van der Waals surface area contributed by atoms with Crippen LogP contribution in [0.1, 0.15) is 29.8 Å². The lowest BCUT2D eigenvalue weighted by Gasteiger charge is -2.24. The van der Waals surface area contributed by atoms with Crippen molar-refractivity contribution in [3.63, 3.8) is 0 Å². The molecule has 0 unspecified atom stereocenters. The number of nitrogens with one attached hydrogen (secondary N) is 1. The number of hydrogen-bond donors (Lipinski definition) is 5. The summed E-state index contributed by atoms with van der Waals surface area (Å²) in [7, 11) is 0. The zero-order valence-corrected chi connectivity index (χ0v) is 20.1. The van der Waals surface area contributed by atoms with E-state index in [0.717, 1.165) is 15.7 Å². The number of aromatic nitrogens is 2. The number of benzene rings is 1. The van der Waals surface area contributed by atoms with Crippen LogP contribution in [-0.2, 0) is 22.7 Å². The molecule has 33 heavy (non-hydrogen) atoms. The SMILES string of the molecule is C[C@@H](NC(=O)[C@H](O)[C@@H](O)C(=O)N1Cc2cnc(N)nc2C1)c1ccc(N(N)/C=C\CI)cc1. The lowest BCUT2D eigenvalue weighted by atomic mass is 10.1. The van der Waals surface area contributed by atoms with Gasteiger partial charge in [-0.15, -0.1) is 0 Å². The van der Waals surface area contributed by atoms with Gasteiger partial charge in [-0.25, -0.2) is 15.8 Å². The molecule has 0 bridgehead atoms. The summed E-state index contributed by atoms with van der Waals surface area (Å²) in [6, 6.07) is 6.70. The predicted molar refractivity (Wildman–Crippen MR) is 130 cm³/mol. The number of nitrogens with two attached hydrogens (primary N) is 2. The summed E-state index contributed by atoms with van der Waals surface area (Å²) in [5.74, 6) is 4.38. The van der Waals surface area contributed by atoms with Crippen molar-refractivity contribution in [2.45, 2.75) is 38.3 Å². The fraction of sp³-hybridized carbons (Fsp3) is 0.333. The van der Waals surface area contributed by atoms with Gasteiger partial charge in [0, 0.05) is 28.9 Å². The monoisotopic (exact) mass is 567 g/mol. The van der Waals surface area contributed by atoms with E-state index in [0.29, 0.717) is 11.3 Å². The maximum Gasteiger partial charge on any atom is 0.255 e. The number of anilines is 2. The van der Waals surface area contributed by atoms with Crippen molar-refractivity contribution in [1.82, 2.24) is 20.2 Å². The largest absolute Gasteiger partial charge is 0.380 e. The molecule has 176 valence electrons. The number of fused-ring (bicyclic) bond motifs is 1. The Kier molecular flexibility index (Phi) is 8.18. The van der Waals surface area contributed by atoms with E-state index in [2.05, 4.69) is 37.9 Å². The average molecular weight is 567 g/mol. The van der Waals surface area contributed by atoms with Gasteiger partial charge in [-0.1, -0.05) is 40.8 Å². The maximum atomic E-state index is 12.6. The molecule has 0 saturated heterocycles. The van der Waals surface area contributed by atoms with Crippen molar-refractivity contribution >= 4 is 46.0 Å². The smallest absolute Gasteiger partial charge is 0.255 e. The van der Waals surface area contributed by atoms with Crippen LogP contribution < -0.4 is 21.9 Å². The fourth-order valence-corrected chi connectivity index (χ4v) is 3.57. The Labute approximate surface area is 204 Å². The highest BCUT2D eigenvalue weighted by Crippen LogP contribution is 2.22. The quantitative estimate of drug-likeness (QED) is 0.129. The van der Waals surface area contributed by atoms with Crippen LogP contribution in [0, 0.1) is 0 Å². The lowest BCUT2D eigenvalue weighted by molar-refractivity contribution is -0.153. The van der Waals surface area contributed by atoms with Crippen LogP contribution in [-0.4, -0.2) is 53.5 Å². The van der Waals surface area contributed by atoms with E-state index in [4.69, 9.17) is 11.6 Å². The van der Waals surface area contributed by atoms with E-state index in [9.17, 15) is 19.8 Å². The Morgan fingerprint density at radius 2 is 1.97 bits per heavy atom. The number of amides is 2. The summed E-state index contributed by atoms with van der Waals surface area (Å²) in [6.45, 7) is 2.00. The molecule has 0 aliphatic carbocycles. The minimum absolute atomic E-state index is 0.0845. The molecule has 2 amide bonds. The average Bonchev–Trinajstić information content (AvgIpc) is 3.24. The van der Waals surface area contributed by atoms with Gasteiger partial charge < -0.3 is 26.2 Å². The van der Waals surface area contributed by atoms with Gasteiger partial charge in [0.25, 0.3) is 11.8 Å². The van der Waals surface area contributed by atoms with Gasteiger partial charge in [0.15, 0.2) is 12.2 Å². The van der Waals surface area contributed by atoms with Gasteiger partial charge in [0.05, 0.1) is 24.0 Å². The third-order valence-electron chi connectivity index (χ3n) is 5.21. The minimum Gasteiger partial charge on any atom is -0.380 e. The van der Waals surface area contributed by atoms with Crippen LogP contribution in [0.2, 0.25) is 0 Å². The highest BCUT2D eigenvalue weighted by Gasteiger charge is 2.36. The third kappa shape index (κ3) is 5.96. The topological polar surface area (TPSA) is 171 Å². The predicted octanol–water partition coefficient (Wildman–Crippen LogP) is 0.129. The summed E-state index contributed by atoms with van der Waals surface area (Å²) < 4.78 is 0.830. The molecule has 1 aliphatic heterocycles. The molecule has 3 rings (SSSR count). The van der Waals surface area contributed by atoms with Crippen molar-refractivity contribution in [2.75, 3.05) is 15.2 Å². The van der Waals surface area contributed by atoms with Crippen LogP contribution in [0.15, 0.2) is 42.7 Å².